The molecule has 2 N–H and O–H groups in total. The van der Waals surface area contributed by atoms with E-state index in [1.54, 1.807) is 0 Å². The van der Waals surface area contributed by atoms with Crippen molar-refractivity contribution in [3.8, 4) is 0 Å². The lowest BCUT2D eigenvalue weighted by molar-refractivity contribution is -0.139. The zero-order valence-corrected chi connectivity index (χ0v) is 10.4. The molecular formula is C12H15NO6. The van der Waals surface area contributed by atoms with Crippen molar-refractivity contribution < 1.29 is 23.8 Å². The third-order valence-electron chi connectivity index (χ3n) is 2.41. The molecule has 1 heterocycles. The molecule has 7 heteroatoms. The Morgan fingerprint density at radius 2 is 2.21 bits per heavy atom. The normalized spacial score (nSPS) is 11.8. The summed E-state index contributed by atoms with van der Waals surface area (Å²) in [6.45, 7) is 0.417. The molecule has 0 spiro atoms. The van der Waals surface area contributed by atoms with Crippen molar-refractivity contribution in [1.29, 1.82) is 0 Å². The number of methoxy groups -OCH3 is 1. The number of rotatable bonds is 7. The van der Waals surface area contributed by atoms with Gasteiger partial charge in [-0.1, -0.05) is 0 Å². The Morgan fingerprint density at radius 1 is 1.47 bits per heavy atom. The second kappa shape index (κ2) is 7.32. The van der Waals surface area contributed by atoms with Crippen molar-refractivity contribution in [3.63, 3.8) is 0 Å². The van der Waals surface area contributed by atoms with Crippen LogP contribution in [0.4, 0.5) is 0 Å². The molecule has 0 aliphatic carbocycles. The van der Waals surface area contributed by atoms with Gasteiger partial charge in [0.05, 0.1) is 5.56 Å². The number of carbonyl (C=O) groups excluding carboxylic acids is 1. The van der Waals surface area contributed by atoms with Crippen molar-refractivity contribution >= 4 is 11.9 Å². The smallest absolute Gasteiger partial charge is 0.335 e. The molecule has 7 nitrogen and oxygen atoms in total. The summed E-state index contributed by atoms with van der Waals surface area (Å²) in [6, 6.07) is 1.36. The van der Waals surface area contributed by atoms with Gasteiger partial charge in [-0.05, 0) is 18.9 Å². The fourth-order valence-electron chi connectivity index (χ4n) is 1.42. The molecule has 0 fully saturated rings. The molecule has 1 unspecified atom stereocenters. The van der Waals surface area contributed by atoms with E-state index in [2.05, 4.69) is 9.73 Å². The van der Waals surface area contributed by atoms with Crippen LogP contribution in [-0.2, 0) is 9.53 Å². The zero-order valence-electron chi connectivity index (χ0n) is 10.4. The van der Waals surface area contributed by atoms with Gasteiger partial charge in [-0.3, -0.25) is 4.79 Å². The van der Waals surface area contributed by atoms with Gasteiger partial charge in [0.25, 0.3) is 5.91 Å². The van der Waals surface area contributed by atoms with Gasteiger partial charge in [-0.15, -0.1) is 0 Å². The van der Waals surface area contributed by atoms with Gasteiger partial charge in [0.1, 0.15) is 12.3 Å². The number of hydrogen-bond acceptors (Lipinski definition) is 5. The molecule has 1 aromatic heterocycles. The first-order valence-corrected chi connectivity index (χ1v) is 5.66. The van der Waals surface area contributed by atoms with E-state index in [1.807, 2.05) is 0 Å². The first-order valence-electron chi connectivity index (χ1n) is 5.66. The Kier molecular flexibility index (Phi) is 5.74. The molecule has 19 heavy (non-hydrogen) atoms. The van der Waals surface area contributed by atoms with Gasteiger partial charge >= 0.3 is 11.6 Å². The van der Waals surface area contributed by atoms with Crippen LogP contribution in [0.5, 0.6) is 0 Å². The molecular weight excluding hydrogens is 254 g/mol. The summed E-state index contributed by atoms with van der Waals surface area (Å²) in [6.07, 6.45) is 1.76. The predicted octanol–water partition coefficient (Wildman–Crippen LogP) is 0.249. The topological polar surface area (TPSA) is 106 Å². The van der Waals surface area contributed by atoms with Crippen LogP contribution < -0.4 is 10.9 Å². The summed E-state index contributed by atoms with van der Waals surface area (Å²) in [4.78, 5) is 33.5. The molecule has 0 saturated carbocycles. The van der Waals surface area contributed by atoms with Gasteiger partial charge < -0.3 is 19.6 Å². The van der Waals surface area contributed by atoms with E-state index in [-0.39, 0.29) is 12.0 Å². The molecule has 0 aromatic carbocycles. The van der Waals surface area contributed by atoms with E-state index in [0.29, 0.717) is 13.0 Å². The number of carboxylic acids is 1. The molecule has 1 atom stereocenters. The van der Waals surface area contributed by atoms with E-state index >= 15 is 0 Å². The number of amides is 1. The van der Waals surface area contributed by atoms with E-state index in [1.165, 1.54) is 13.2 Å². The van der Waals surface area contributed by atoms with E-state index in [9.17, 15) is 14.4 Å². The minimum absolute atomic E-state index is 0.0950. The van der Waals surface area contributed by atoms with Gasteiger partial charge in [0.15, 0.2) is 0 Å². The Hall–Kier alpha value is -2.15. The van der Waals surface area contributed by atoms with Crippen LogP contribution in [0, 0.1) is 0 Å². The lowest BCUT2D eigenvalue weighted by Gasteiger charge is -2.13. The molecule has 1 amide bonds. The second-order valence-electron chi connectivity index (χ2n) is 3.84. The summed E-state index contributed by atoms with van der Waals surface area (Å²) in [5, 5.41) is 11.3. The Balaban J connectivity index is 2.63. The zero-order chi connectivity index (χ0) is 14.3. The van der Waals surface area contributed by atoms with Gasteiger partial charge in [-0.25, -0.2) is 9.59 Å². The van der Waals surface area contributed by atoms with Crippen molar-refractivity contribution in [3.05, 3.63) is 34.4 Å². The highest BCUT2D eigenvalue weighted by Crippen LogP contribution is 2.02. The highest BCUT2D eigenvalue weighted by atomic mass is 16.5. The SMILES string of the molecule is COCCCC(NC(=O)c1ccc(=O)oc1)C(=O)O. The monoisotopic (exact) mass is 269 g/mol. The molecule has 0 bridgehead atoms. The number of carbonyl (C=O) groups is 2. The van der Waals surface area contributed by atoms with Crippen LogP contribution in [-0.4, -0.2) is 36.7 Å². The quantitative estimate of drug-likeness (QED) is 0.687. The molecule has 0 saturated heterocycles. The van der Waals surface area contributed by atoms with Crippen LogP contribution >= 0.6 is 0 Å². The fourth-order valence-corrected chi connectivity index (χ4v) is 1.42. The summed E-state index contributed by atoms with van der Waals surface area (Å²) < 4.78 is 9.36. The van der Waals surface area contributed by atoms with Crippen molar-refractivity contribution in [2.75, 3.05) is 13.7 Å². The highest BCUT2D eigenvalue weighted by Gasteiger charge is 2.20. The molecule has 0 aliphatic heterocycles. The lowest BCUT2D eigenvalue weighted by Crippen LogP contribution is -2.41. The Labute approximate surface area is 109 Å². The second-order valence-corrected chi connectivity index (χ2v) is 3.84. The summed E-state index contributed by atoms with van der Waals surface area (Å²) in [5.74, 6) is -1.73. The lowest BCUT2D eigenvalue weighted by atomic mass is 10.1. The summed E-state index contributed by atoms with van der Waals surface area (Å²) in [7, 11) is 1.51. The van der Waals surface area contributed by atoms with Crippen LogP contribution in [0.3, 0.4) is 0 Å². The molecule has 1 aromatic rings. The number of aliphatic carboxylic acids is 1. The number of carboxylic acid groups (broad SMARTS) is 1. The summed E-state index contributed by atoms with van der Waals surface area (Å²) in [5.41, 5.74) is -0.482. The number of hydrogen-bond donors (Lipinski definition) is 2. The number of nitrogens with one attached hydrogen (secondary N) is 1. The standard InChI is InChI=1S/C12H15NO6/c1-18-6-2-3-9(12(16)17)13-11(15)8-4-5-10(14)19-7-8/h4-5,7,9H,2-3,6H2,1H3,(H,13,15)(H,16,17). The molecule has 104 valence electrons. The van der Waals surface area contributed by atoms with Crippen LogP contribution in [0.25, 0.3) is 0 Å². The average Bonchev–Trinajstić information content (AvgIpc) is 2.38. The van der Waals surface area contributed by atoms with Gasteiger partial charge in [0.2, 0.25) is 0 Å². The predicted molar refractivity (Wildman–Crippen MR) is 65.0 cm³/mol. The first-order chi connectivity index (χ1) is 9.04. The van der Waals surface area contributed by atoms with Crippen molar-refractivity contribution in [2.24, 2.45) is 0 Å². The summed E-state index contributed by atoms with van der Waals surface area (Å²) >= 11 is 0. The maximum atomic E-state index is 11.7. The third kappa shape index (κ3) is 4.92. The minimum atomic E-state index is -1.12. The fraction of sp³-hybridized carbons (Fsp3) is 0.417. The van der Waals surface area contributed by atoms with E-state index in [0.717, 1.165) is 12.3 Å². The minimum Gasteiger partial charge on any atom is -0.480 e. The van der Waals surface area contributed by atoms with E-state index in [4.69, 9.17) is 9.84 Å². The maximum Gasteiger partial charge on any atom is 0.335 e. The van der Waals surface area contributed by atoms with Gasteiger partial charge in [0, 0.05) is 19.8 Å². The average molecular weight is 269 g/mol. The largest absolute Gasteiger partial charge is 0.480 e. The van der Waals surface area contributed by atoms with Gasteiger partial charge in [-0.2, -0.15) is 0 Å². The van der Waals surface area contributed by atoms with Crippen LogP contribution in [0.15, 0.2) is 27.6 Å². The first kappa shape index (κ1) is 14.9. The molecule has 0 radical (unpaired) electrons. The maximum absolute atomic E-state index is 11.7. The molecule has 0 aliphatic rings. The van der Waals surface area contributed by atoms with Crippen molar-refractivity contribution in [2.45, 2.75) is 18.9 Å². The Morgan fingerprint density at radius 3 is 2.74 bits per heavy atom. The highest BCUT2D eigenvalue weighted by molar-refractivity contribution is 5.96. The third-order valence-corrected chi connectivity index (χ3v) is 2.41. The Bertz CT molecular complexity index is 475. The van der Waals surface area contributed by atoms with Crippen LogP contribution in [0.2, 0.25) is 0 Å². The van der Waals surface area contributed by atoms with E-state index < -0.39 is 23.5 Å². The van der Waals surface area contributed by atoms with Crippen molar-refractivity contribution in [1.82, 2.24) is 5.32 Å². The molecule has 1 rings (SSSR count). The number of ether oxygens (including phenoxy) is 1. The van der Waals surface area contributed by atoms with Crippen LogP contribution in [0.1, 0.15) is 23.2 Å².